The standard InChI is InChI=1S/C14H20N2O6/c1-14(4-2-3-5-17)8-16(13(21)15-12(14)20)11-6-9(19)10(7-18)22-11/h9-11,17-19H,3,5-8H2,1H3,(H,15,20,21)/t9-,10+,11+,14?/m0/s1. The Morgan fingerprint density at radius 3 is 2.77 bits per heavy atom. The van der Waals surface area contributed by atoms with Crippen molar-refractivity contribution in [2.75, 3.05) is 19.8 Å². The molecule has 0 aromatic rings. The van der Waals surface area contributed by atoms with Crippen LogP contribution >= 0.6 is 0 Å². The minimum absolute atomic E-state index is 0.0195. The van der Waals surface area contributed by atoms with Crippen molar-refractivity contribution in [1.29, 1.82) is 0 Å². The van der Waals surface area contributed by atoms with Crippen LogP contribution in [0.3, 0.4) is 0 Å². The van der Waals surface area contributed by atoms with Gasteiger partial charge in [0.2, 0.25) is 5.91 Å². The van der Waals surface area contributed by atoms with Gasteiger partial charge in [0.05, 0.1) is 25.9 Å². The number of amides is 3. The predicted octanol–water partition coefficient (Wildman–Crippen LogP) is -1.60. The maximum Gasteiger partial charge on any atom is 0.326 e. The van der Waals surface area contributed by atoms with Crippen LogP contribution in [0, 0.1) is 17.3 Å². The van der Waals surface area contributed by atoms with E-state index >= 15 is 0 Å². The molecule has 0 spiro atoms. The number of imide groups is 1. The smallest absolute Gasteiger partial charge is 0.326 e. The molecule has 8 nitrogen and oxygen atoms in total. The number of ether oxygens (including phenoxy) is 1. The second-order valence-electron chi connectivity index (χ2n) is 5.61. The van der Waals surface area contributed by atoms with E-state index in [9.17, 15) is 14.7 Å². The molecule has 0 saturated carbocycles. The molecular weight excluding hydrogens is 292 g/mol. The fraction of sp³-hybridized carbons (Fsp3) is 0.714. The quantitative estimate of drug-likeness (QED) is 0.466. The summed E-state index contributed by atoms with van der Waals surface area (Å²) in [5.41, 5.74) is -1.12. The molecule has 22 heavy (non-hydrogen) atoms. The Morgan fingerprint density at radius 2 is 2.18 bits per heavy atom. The number of carbonyl (C=O) groups excluding carboxylic acids is 2. The van der Waals surface area contributed by atoms with Crippen molar-refractivity contribution in [1.82, 2.24) is 10.2 Å². The number of hydrogen-bond donors (Lipinski definition) is 4. The molecule has 0 aromatic heterocycles. The van der Waals surface area contributed by atoms with Gasteiger partial charge in [0.15, 0.2) is 0 Å². The number of aliphatic hydroxyl groups is 3. The van der Waals surface area contributed by atoms with Crippen molar-refractivity contribution in [3.8, 4) is 11.8 Å². The summed E-state index contributed by atoms with van der Waals surface area (Å²) in [4.78, 5) is 25.3. The van der Waals surface area contributed by atoms with E-state index in [4.69, 9.17) is 14.9 Å². The van der Waals surface area contributed by atoms with Gasteiger partial charge >= 0.3 is 6.03 Å². The maximum absolute atomic E-state index is 12.0. The van der Waals surface area contributed by atoms with E-state index in [2.05, 4.69) is 17.2 Å². The molecule has 8 heteroatoms. The molecule has 2 aliphatic rings. The van der Waals surface area contributed by atoms with Crippen LogP contribution in [0.4, 0.5) is 4.79 Å². The number of rotatable bonds is 3. The van der Waals surface area contributed by atoms with E-state index < -0.39 is 35.8 Å². The molecule has 2 rings (SSSR count). The first kappa shape index (κ1) is 16.7. The molecule has 0 aliphatic carbocycles. The van der Waals surface area contributed by atoms with Crippen LogP contribution in [-0.4, -0.2) is 70.4 Å². The topological polar surface area (TPSA) is 119 Å². The highest BCUT2D eigenvalue weighted by atomic mass is 16.5. The Hall–Kier alpha value is -1.66. The number of carbonyl (C=O) groups is 2. The molecule has 122 valence electrons. The minimum Gasteiger partial charge on any atom is -0.395 e. The molecular formula is C14H20N2O6. The number of aliphatic hydroxyl groups excluding tert-OH is 3. The summed E-state index contributed by atoms with van der Waals surface area (Å²) in [5, 5.41) is 29.9. The summed E-state index contributed by atoms with van der Waals surface area (Å²) in [6.07, 6.45) is -1.94. The zero-order valence-corrected chi connectivity index (χ0v) is 12.3. The van der Waals surface area contributed by atoms with Gasteiger partial charge in [-0.1, -0.05) is 11.8 Å². The van der Waals surface area contributed by atoms with Crippen molar-refractivity contribution in [3.63, 3.8) is 0 Å². The van der Waals surface area contributed by atoms with Crippen LogP contribution in [0.2, 0.25) is 0 Å². The lowest BCUT2D eigenvalue weighted by molar-refractivity contribution is -0.132. The van der Waals surface area contributed by atoms with Crippen molar-refractivity contribution in [3.05, 3.63) is 0 Å². The van der Waals surface area contributed by atoms with E-state index in [1.807, 2.05) is 0 Å². The monoisotopic (exact) mass is 312 g/mol. The number of nitrogens with one attached hydrogen (secondary N) is 1. The van der Waals surface area contributed by atoms with Gasteiger partial charge < -0.3 is 20.1 Å². The third-order valence-corrected chi connectivity index (χ3v) is 3.80. The molecule has 2 saturated heterocycles. The minimum atomic E-state index is -1.12. The fourth-order valence-electron chi connectivity index (χ4n) is 2.51. The van der Waals surface area contributed by atoms with Crippen LogP contribution in [0.25, 0.3) is 0 Å². The summed E-state index contributed by atoms with van der Waals surface area (Å²) in [5.74, 6) is 4.97. The molecule has 4 N–H and O–H groups in total. The van der Waals surface area contributed by atoms with Gasteiger partial charge in [0.25, 0.3) is 0 Å². The molecule has 2 heterocycles. The molecule has 2 fully saturated rings. The zero-order chi connectivity index (χ0) is 16.3. The highest BCUT2D eigenvalue weighted by molar-refractivity contribution is 6.01. The predicted molar refractivity (Wildman–Crippen MR) is 74.2 cm³/mol. The van der Waals surface area contributed by atoms with E-state index in [1.54, 1.807) is 6.92 Å². The summed E-state index contributed by atoms with van der Waals surface area (Å²) in [6, 6.07) is -0.609. The largest absolute Gasteiger partial charge is 0.395 e. The highest BCUT2D eigenvalue weighted by Crippen LogP contribution is 2.29. The van der Waals surface area contributed by atoms with Crippen LogP contribution < -0.4 is 5.32 Å². The Balaban J connectivity index is 2.14. The second-order valence-corrected chi connectivity index (χ2v) is 5.61. The first-order valence-electron chi connectivity index (χ1n) is 7.08. The van der Waals surface area contributed by atoms with Gasteiger partial charge in [-0.25, -0.2) is 4.79 Å². The van der Waals surface area contributed by atoms with Gasteiger partial charge in [-0.15, -0.1) is 0 Å². The molecule has 0 aromatic carbocycles. The van der Waals surface area contributed by atoms with Crippen LogP contribution in [0.15, 0.2) is 0 Å². The normalized spacial score (nSPS) is 35.1. The van der Waals surface area contributed by atoms with Crippen molar-refractivity contribution >= 4 is 11.9 Å². The second kappa shape index (κ2) is 6.62. The first-order chi connectivity index (χ1) is 10.4. The van der Waals surface area contributed by atoms with Gasteiger partial charge in [-0.2, -0.15) is 0 Å². The fourth-order valence-corrected chi connectivity index (χ4v) is 2.51. The maximum atomic E-state index is 12.0. The van der Waals surface area contributed by atoms with E-state index in [-0.39, 0.29) is 32.6 Å². The average molecular weight is 312 g/mol. The van der Waals surface area contributed by atoms with Crippen molar-refractivity contribution in [2.45, 2.75) is 38.2 Å². The third kappa shape index (κ3) is 3.23. The van der Waals surface area contributed by atoms with Gasteiger partial charge in [-0.3, -0.25) is 15.0 Å². The SMILES string of the molecule is CC1(C#CCCO)CN([C@H]2C[C@H](O)[C@@H](CO)O2)C(=O)NC1=O. The summed E-state index contributed by atoms with van der Waals surface area (Å²) in [6.45, 7) is 1.16. The Labute approximate surface area is 128 Å². The molecule has 0 bridgehead atoms. The van der Waals surface area contributed by atoms with Crippen LogP contribution in [0.5, 0.6) is 0 Å². The molecule has 2 aliphatic heterocycles. The number of urea groups is 1. The average Bonchev–Trinajstić information content (AvgIpc) is 2.84. The lowest BCUT2D eigenvalue weighted by Crippen LogP contribution is -2.61. The summed E-state index contributed by atoms with van der Waals surface area (Å²) >= 11 is 0. The number of nitrogens with zero attached hydrogens (tertiary/aromatic N) is 1. The molecule has 1 unspecified atom stereocenters. The van der Waals surface area contributed by atoms with Gasteiger partial charge in [0.1, 0.15) is 17.7 Å². The van der Waals surface area contributed by atoms with Gasteiger partial charge in [-0.05, 0) is 6.92 Å². The van der Waals surface area contributed by atoms with Crippen LogP contribution in [-0.2, 0) is 9.53 Å². The lowest BCUT2D eigenvalue weighted by Gasteiger charge is -2.38. The van der Waals surface area contributed by atoms with Crippen molar-refractivity contribution < 1.29 is 29.6 Å². The zero-order valence-electron chi connectivity index (χ0n) is 12.3. The Bertz CT molecular complexity index is 513. The Morgan fingerprint density at radius 1 is 1.45 bits per heavy atom. The molecule has 3 amide bonds. The van der Waals surface area contributed by atoms with E-state index in [1.165, 1.54) is 4.90 Å². The number of hydrogen-bond acceptors (Lipinski definition) is 6. The van der Waals surface area contributed by atoms with E-state index in [0.29, 0.717) is 0 Å². The summed E-state index contributed by atoms with van der Waals surface area (Å²) in [7, 11) is 0. The third-order valence-electron chi connectivity index (χ3n) is 3.80. The van der Waals surface area contributed by atoms with Crippen LogP contribution in [0.1, 0.15) is 19.8 Å². The van der Waals surface area contributed by atoms with E-state index in [0.717, 1.165) is 0 Å². The Kier molecular flexibility index (Phi) is 5.03. The van der Waals surface area contributed by atoms with Crippen molar-refractivity contribution in [2.24, 2.45) is 5.41 Å². The first-order valence-corrected chi connectivity index (χ1v) is 7.08. The molecule has 0 radical (unpaired) electrons. The molecule has 4 atom stereocenters. The highest BCUT2D eigenvalue weighted by Gasteiger charge is 2.47. The summed E-state index contributed by atoms with van der Waals surface area (Å²) < 4.78 is 5.45. The lowest BCUT2D eigenvalue weighted by atomic mass is 9.87. The van der Waals surface area contributed by atoms with Gasteiger partial charge in [0, 0.05) is 12.8 Å².